The summed E-state index contributed by atoms with van der Waals surface area (Å²) in [4.78, 5) is 6.83. The largest absolute Gasteiger partial charge is 0.493 e. The first-order valence-corrected chi connectivity index (χ1v) is 11.0. The molecule has 1 aliphatic rings. The molecule has 4 aromatic rings. The molecule has 33 heavy (non-hydrogen) atoms. The van der Waals surface area contributed by atoms with Crippen LogP contribution in [0.1, 0.15) is 24.5 Å². The molecule has 2 heterocycles. The van der Waals surface area contributed by atoms with Crippen LogP contribution in [0.2, 0.25) is 0 Å². The van der Waals surface area contributed by atoms with Crippen LogP contribution in [0.25, 0.3) is 32.4 Å². The standard InChI is InChI=1S/C26H28N2O5/c1-28(2)7-5-6-22(29)19-8-15-18-11-25-26(33-14-32-25)12-21(18)27-13-20(15)17-10-24(31-4)23(30-3)9-16(17)19/h8-13,22,29H,5-7,14H2,1-4H3. The third kappa shape index (κ3) is 3.77. The maximum atomic E-state index is 11.3. The van der Waals surface area contributed by atoms with Crippen LogP contribution in [-0.4, -0.2) is 56.6 Å². The Hall–Kier alpha value is -3.29. The molecular weight excluding hydrogens is 420 g/mol. The van der Waals surface area contributed by atoms with Crippen molar-refractivity contribution in [3.05, 3.63) is 42.1 Å². The van der Waals surface area contributed by atoms with Crippen LogP contribution in [-0.2, 0) is 0 Å². The van der Waals surface area contributed by atoms with E-state index < -0.39 is 6.10 Å². The Kier molecular flexibility index (Phi) is 5.60. The minimum Gasteiger partial charge on any atom is -0.493 e. The predicted molar refractivity (Wildman–Crippen MR) is 129 cm³/mol. The molecular formula is C26H28N2O5. The highest BCUT2D eigenvalue weighted by Gasteiger charge is 2.21. The van der Waals surface area contributed by atoms with Gasteiger partial charge in [0, 0.05) is 23.0 Å². The van der Waals surface area contributed by atoms with Crippen LogP contribution in [0.3, 0.4) is 0 Å². The van der Waals surface area contributed by atoms with Gasteiger partial charge in [0.25, 0.3) is 0 Å². The summed E-state index contributed by atoms with van der Waals surface area (Å²) in [7, 11) is 7.33. The van der Waals surface area contributed by atoms with E-state index in [1.54, 1.807) is 14.2 Å². The summed E-state index contributed by atoms with van der Waals surface area (Å²) >= 11 is 0. The smallest absolute Gasteiger partial charge is 0.231 e. The van der Waals surface area contributed by atoms with Gasteiger partial charge in [-0.1, -0.05) is 0 Å². The maximum Gasteiger partial charge on any atom is 0.231 e. The van der Waals surface area contributed by atoms with E-state index in [9.17, 15) is 5.11 Å². The summed E-state index contributed by atoms with van der Waals surface area (Å²) in [5, 5.41) is 16.1. The number of hydrogen-bond donors (Lipinski definition) is 1. The molecule has 0 fully saturated rings. The molecule has 7 heteroatoms. The van der Waals surface area contributed by atoms with E-state index in [2.05, 4.69) is 11.0 Å². The summed E-state index contributed by atoms with van der Waals surface area (Å²) in [5.41, 5.74) is 1.68. The van der Waals surface area contributed by atoms with Crippen molar-refractivity contribution in [3.63, 3.8) is 0 Å². The molecule has 1 N–H and O–H groups in total. The van der Waals surface area contributed by atoms with Crippen LogP contribution in [0.4, 0.5) is 0 Å². The van der Waals surface area contributed by atoms with Crippen LogP contribution in [0, 0.1) is 0 Å². The quantitative estimate of drug-likeness (QED) is 0.412. The molecule has 0 spiro atoms. The molecule has 0 aliphatic carbocycles. The van der Waals surface area contributed by atoms with E-state index in [0.29, 0.717) is 29.4 Å². The van der Waals surface area contributed by atoms with Crippen molar-refractivity contribution in [2.75, 3.05) is 41.7 Å². The van der Waals surface area contributed by atoms with Gasteiger partial charge in [0.2, 0.25) is 6.79 Å². The molecule has 1 unspecified atom stereocenters. The molecule has 1 atom stereocenters. The number of aromatic nitrogens is 1. The van der Waals surface area contributed by atoms with E-state index in [1.165, 1.54) is 0 Å². The van der Waals surface area contributed by atoms with Crippen molar-refractivity contribution < 1.29 is 24.1 Å². The fourth-order valence-electron chi connectivity index (χ4n) is 4.58. The molecule has 1 aliphatic heterocycles. The Bertz CT molecular complexity index is 1350. The number of pyridine rings is 1. The van der Waals surface area contributed by atoms with Gasteiger partial charge in [-0.3, -0.25) is 4.98 Å². The Labute approximate surface area is 192 Å². The molecule has 0 amide bonds. The summed E-state index contributed by atoms with van der Waals surface area (Å²) in [5.74, 6) is 2.67. The number of nitrogens with zero attached hydrogens (tertiary/aromatic N) is 2. The second-order valence-electron chi connectivity index (χ2n) is 8.62. The summed E-state index contributed by atoms with van der Waals surface area (Å²) in [6.45, 7) is 1.12. The Morgan fingerprint density at radius 2 is 1.58 bits per heavy atom. The average molecular weight is 449 g/mol. The molecule has 1 aromatic heterocycles. The van der Waals surface area contributed by atoms with E-state index in [1.807, 2.05) is 44.6 Å². The van der Waals surface area contributed by atoms with Crippen LogP contribution < -0.4 is 18.9 Å². The zero-order valence-corrected chi connectivity index (χ0v) is 19.3. The fraction of sp³-hybridized carbons (Fsp3) is 0.346. The van der Waals surface area contributed by atoms with Gasteiger partial charge in [-0.15, -0.1) is 0 Å². The lowest BCUT2D eigenvalue weighted by atomic mass is 9.91. The van der Waals surface area contributed by atoms with Gasteiger partial charge in [0.15, 0.2) is 23.0 Å². The topological polar surface area (TPSA) is 73.3 Å². The first-order chi connectivity index (χ1) is 16.0. The van der Waals surface area contributed by atoms with Crippen LogP contribution in [0.5, 0.6) is 23.0 Å². The second-order valence-corrected chi connectivity index (χ2v) is 8.62. The first-order valence-electron chi connectivity index (χ1n) is 11.0. The molecule has 0 bridgehead atoms. The Morgan fingerprint density at radius 3 is 2.27 bits per heavy atom. The lowest BCUT2D eigenvalue weighted by Crippen LogP contribution is -2.14. The van der Waals surface area contributed by atoms with Gasteiger partial charge in [-0.05, 0) is 79.5 Å². The average Bonchev–Trinajstić information content (AvgIpc) is 3.28. The summed E-state index contributed by atoms with van der Waals surface area (Å²) in [6.07, 6.45) is 2.79. The van der Waals surface area contributed by atoms with Gasteiger partial charge in [-0.25, -0.2) is 0 Å². The van der Waals surface area contributed by atoms with Crippen molar-refractivity contribution >= 4 is 32.4 Å². The molecule has 0 saturated carbocycles. The third-order valence-corrected chi connectivity index (χ3v) is 6.27. The van der Waals surface area contributed by atoms with Crippen molar-refractivity contribution in [1.82, 2.24) is 9.88 Å². The number of ether oxygens (including phenoxy) is 4. The third-order valence-electron chi connectivity index (χ3n) is 6.27. The number of aliphatic hydroxyl groups is 1. The maximum absolute atomic E-state index is 11.3. The predicted octanol–water partition coefficient (Wildman–Crippen LogP) is 4.66. The van der Waals surface area contributed by atoms with Gasteiger partial charge < -0.3 is 29.0 Å². The number of rotatable bonds is 7. The monoisotopic (exact) mass is 448 g/mol. The molecule has 0 saturated heterocycles. The minimum atomic E-state index is -0.618. The SMILES string of the molecule is COc1cc2c(C(O)CCCN(C)C)cc3c4cc5c(cc4ncc3c2cc1OC)OCO5. The van der Waals surface area contributed by atoms with Gasteiger partial charge in [0.05, 0.1) is 25.8 Å². The lowest BCUT2D eigenvalue weighted by Gasteiger charge is -2.19. The molecule has 0 radical (unpaired) electrons. The zero-order chi connectivity index (χ0) is 23.1. The normalized spacial score (nSPS) is 13.9. The number of hydrogen-bond acceptors (Lipinski definition) is 7. The van der Waals surface area contributed by atoms with Crippen LogP contribution in [0.15, 0.2) is 36.5 Å². The molecule has 7 nitrogen and oxygen atoms in total. The Morgan fingerprint density at radius 1 is 0.909 bits per heavy atom. The second kappa shape index (κ2) is 8.57. The van der Waals surface area contributed by atoms with Gasteiger partial charge in [-0.2, -0.15) is 0 Å². The molecule has 3 aromatic carbocycles. The summed E-state index contributed by atoms with van der Waals surface area (Å²) < 4.78 is 22.3. The molecule has 172 valence electrons. The Balaban J connectivity index is 1.78. The summed E-state index contributed by atoms with van der Waals surface area (Å²) in [6, 6.07) is 9.87. The van der Waals surface area contributed by atoms with Crippen LogP contribution >= 0.6 is 0 Å². The highest BCUT2D eigenvalue weighted by atomic mass is 16.7. The number of fused-ring (bicyclic) bond motifs is 6. The minimum absolute atomic E-state index is 0.208. The van der Waals surface area contributed by atoms with E-state index in [-0.39, 0.29) is 6.79 Å². The highest BCUT2D eigenvalue weighted by molar-refractivity contribution is 6.18. The van der Waals surface area contributed by atoms with E-state index in [0.717, 1.165) is 51.0 Å². The number of benzene rings is 3. The fourth-order valence-corrected chi connectivity index (χ4v) is 4.58. The van der Waals surface area contributed by atoms with Crippen molar-refractivity contribution in [2.45, 2.75) is 18.9 Å². The van der Waals surface area contributed by atoms with E-state index >= 15 is 0 Å². The number of aliphatic hydroxyl groups excluding tert-OH is 1. The highest BCUT2D eigenvalue weighted by Crippen LogP contribution is 2.43. The van der Waals surface area contributed by atoms with Gasteiger partial charge in [0.1, 0.15) is 0 Å². The van der Waals surface area contributed by atoms with Crippen molar-refractivity contribution in [2.24, 2.45) is 0 Å². The number of methoxy groups -OCH3 is 2. The van der Waals surface area contributed by atoms with Crippen molar-refractivity contribution in [3.8, 4) is 23.0 Å². The van der Waals surface area contributed by atoms with Crippen molar-refractivity contribution in [1.29, 1.82) is 0 Å². The zero-order valence-electron chi connectivity index (χ0n) is 19.3. The lowest BCUT2D eigenvalue weighted by molar-refractivity contribution is 0.162. The van der Waals surface area contributed by atoms with E-state index in [4.69, 9.17) is 23.9 Å². The first kappa shape index (κ1) is 21.6. The van der Waals surface area contributed by atoms with Gasteiger partial charge >= 0.3 is 0 Å². The molecule has 5 rings (SSSR count).